The Morgan fingerprint density at radius 1 is 1.10 bits per heavy atom. The van der Waals surface area contributed by atoms with Crippen molar-refractivity contribution in [2.75, 3.05) is 0 Å². The minimum atomic E-state index is -0.977. The van der Waals surface area contributed by atoms with Crippen LogP contribution >= 0.6 is 0 Å². The highest BCUT2D eigenvalue weighted by Crippen LogP contribution is 2.34. The number of nitrogens with zero attached hydrogens (tertiary/aromatic N) is 1. The van der Waals surface area contributed by atoms with Crippen LogP contribution in [0.4, 0.5) is 0 Å². The summed E-state index contributed by atoms with van der Waals surface area (Å²) in [6, 6.07) is 10.8. The fourth-order valence-corrected chi connectivity index (χ4v) is 3.58. The number of aromatic carboxylic acids is 1. The number of carbonyl (C=O) groups is 2. The SMILES string of the molecule is Cc1cc(Oc2ccnc3cc(C)c(C(=O)O)cc23)ccc1CC(=O)CC1CC1. The largest absolute Gasteiger partial charge is 0.478 e. The van der Waals surface area contributed by atoms with E-state index in [2.05, 4.69) is 4.98 Å². The van der Waals surface area contributed by atoms with Crippen LogP contribution in [0, 0.1) is 19.8 Å². The third kappa shape index (κ3) is 4.29. The number of rotatable bonds is 7. The fourth-order valence-electron chi connectivity index (χ4n) is 3.58. The van der Waals surface area contributed by atoms with Crippen LogP contribution < -0.4 is 4.74 Å². The Labute approximate surface area is 169 Å². The summed E-state index contributed by atoms with van der Waals surface area (Å²) in [5, 5.41) is 10.1. The number of hydrogen-bond acceptors (Lipinski definition) is 4. The van der Waals surface area contributed by atoms with Gasteiger partial charge < -0.3 is 9.84 Å². The van der Waals surface area contributed by atoms with Crippen molar-refractivity contribution in [3.63, 3.8) is 0 Å². The second-order valence-corrected chi connectivity index (χ2v) is 7.85. The number of Topliss-reactive ketones (excluding diaryl/α,β-unsaturated/α-hetero) is 1. The maximum Gasteiger partial charge on any atom is 0.335 e. The van der Waals surface area contributed by atoms with Gasteiger partial charge in [0.1, 0.15) is 17.3 Å². The van der Waals surface area contributed by atoms with Crippen molar-refractivity contribution < 1.29 is 19.4 Å². The third-order valence-electron chi connectivity index (χ3n) is 5.42. The van der Waals surface area contributed by atoms with Crippen LogP contribution in [0.1, 0.15) is 46.3 Å². The Morgan fingerprint density at radius 3 is 2.59 bits per heavy atom. The maximum atomic E-state index is 12.2. The standard InChI is InChI=1S/C24H23NO4/c1-14-9-19(6-5-17(14)12-18(26)11-16-3-4-16)29-23-7-8-25-22-10-15(2)20(24(27)28)13-21(22)23/h5-10,13,16H,3-4,11-12H2,1-2H3,(H,27,28). The van der Waals surface area contributed by atoms with Gasteiger partial charge in [0.05, 0.1) is 11.1 Å². The minimum Gasteiger partial charge on any atom is -0.478 e. The van der Waals surface area contributed by atoms with E-state index in [0.29, 0.717) is 52.5 Å². The number of pyridine rings is 1. The molecule has 0 amide bonds. The van der Waals surface area contributed by atoms with Gasteiger partial charge in [0, 0.05) is 24.4 Å². The second kappa shape index (κ2) is 7.66. The molecule has 1 aromatic heterocycles. The first-order valence-electron chi connectivity index (χ1n) is 9.82. The quantitative estimate of drug-likeness (QED) is 0.597. The molecule has 0 saturated heterocycles. The molecule has 1 aliphatic carbocycles. The molecular weight excluding hydrogens is 366 g/mol. The average molecular weight is 389 g/mol. The molecule has 0 aliphatic heterocycles. The maximum absolute atomic E-state index is 12.2. The van der Waals surface area contributed by atoms with E-state index in [1.54, 1.807) is 31.3 Å². The predicted molar refractivity (Wildman–Crippen MR) is 111 cm³/mol. The lowest BCUT2D eigenvalue weighted by molar-refractivity contribution is -0.118. The van der Waals surface area contributed by atoms with Crippen molar-refractivity contribution in [3.05, 3.63) is 64.8 Å². The predicted octanol–water partition coefficient (Wildman–Crippen LogP) is 5.25. The summed E-state index contributed by atoms with van der Waals surface area (Å²) in [4.78, 5) is 28.0. The number of hydrogen-bond donors (Lipinski definition) is 1. The Bertz CT molecular complexity index is 1120. The van der Waals surface area contributed by atoms with Gasteiger partial charge in [0.15, 0.2) is 0 Å². The molecule has 3 aromatic rings. The van der Waals surface area contributed by atoms with Crippen LogP contribution in [0.5, 0.6) is 11.5 Å². The van der Waals surface area contributed by atoms with Crippen LogP contribution in [-0.2, 0) is 11.2 Å². The zero-order chi connectivity index (χ0) is 20.5. The van der Waals surface area contributed by atoms with E-state index in [4.69, 9.17) is 4.74 Å². The highest BCUT2D eigenvalue weighted by Gasteiger charge is 2.24. The Hall–Kier alpha value is -3.21. The van der Waals surface area contributed by atoms with Gasteiger partial charge >= 0.3 is 5.97 Å². The van der Waals surface area contributed by atoms with Gasteiger partial charge in [0.2, 0.25) is 0 Å². The fraction of sp³-hybridized carbons (Fsp3) is 0.292. The highest BCUT2D eigenvalue weighted by molar-refractivity contribution is 5.97. The lowest BCUT2D eigenvalue weighted by atomic mass is 10.0. The van der Waals surface area contributed by atoms with Crippen LogP contribution in [-0.4, -0.2) is 21.8 Å². The van der Waals surface area contributed by atoms with Gasteiger partial charge in [-0.15, -0.1) is 0 Å². The van der Waals surface area contributed by atoms with Crippen molar-refractivity contribution in [2.24, 2.45) is 5.92 Å². The Balaban J connectivity index is 1.59. The summed E-state index contributed by atoms with van der Waals surface area (Å²) < 4.78 is 6.06. The van der Waals surface area contributed by atoms with E-state index in [-0.39, 0.29) is 5.56 Å². The molecule has 5 nitrogen and oxygen atoms in total. The summed E-state index contributed by atoms with van der Waals surface area (Å²) in [5.41, 5.74) is 3.60. The molecule has 0 radical (unpaired) electrons. The molecule has 0 atom stereocenters. The van der Waals surface area contributed by atoms with E-state index in [0.717, 1.165) is 11.1 Å². The number of aryl methyl sites for hydroxylation is 2. The zero-order valence-electron chi connectivity index (χ0n) is 16.6. The molecule has 1 saturated carbocycles. The molecule has 1 aliphatic rings. The van der Waals surface area contributed by atoms with Gasteiger partial charge in [-0.1, -0.05) is 6.07 Å². The van der Waals surface area contributed by atoms with Crippen LogP contribution in [0.3, 0.4) is 0 Å². The molecule has 0 bridgehead atoms. The monoisotopic (exact) mass is 389 g/mol. The summed E-state index contributed by atoms with van der Waals surface area (Å²) in [6.07, 6.45) is 5.16. The van der Waals surface area contributed by atoms with Gasteiger partial charge in [-0.3, -0.25) is 9.78 Å². The number of ketones is 1. The average Bonchev–Trinajstić information content (AvgIpc) is 3.47. The van der Waals surface area contributed by atoms with E-state index in [1.165, 1.54) is 12.8 Å². The van der Waals surface area contributed by atoms with Crippen molar-refractivity contribution in [3.8, 4) is 11.5 Å². The van der Waals surface area contributed by atoms with Crippen molar-refractivity contribution >= 4 is 22.7 Å². The number of benzene rings is 2. The molecule has 1 fully saturated rings. The first kappa shape index (κ1) is 19.1. The van der Waals surface area contributed by atoms with Crippen LogP contribution in [0.15, 0.2) is 42.6 Å². The van der Waals surface area contributed by atoms with Crippen LogP contribution in [0.2, 0.25) is 0 Å². The van der Waals surface area contributed by atoms with E-state index in [1.807, 2.05) is 25.1 Å². The molecular formula is C24H23NO4. The van der Waals surface area contributed by atoms with Crippen molar-refractivity contribution in [1.29, 1.82) is 0 Å². The molecule has 148 valence electrons. The Kier molecular flexibility index (Phi) is 5.05. The van der Waals surface area contributed by atoms with E-state index in [9.17, 15) is 14.7 Å². The number of ether oxygens (including phenoxy) is 1. The van der Waals surface area contributed by atoms with Gasteiger partial charge in [-0.2, -0.15) is 0 Å². The molecule has 4 rings (SSSR count). The highest BCUT2D eigenvalue weighted by atomic mass is 16.5. The molecule has 1 heterocycles. The number of carboxylic acid groups (broad SMARTS) is 1. The summed E-state index contributed by atoms with van der Waals surface area (Å²) >= 11 is 0. The molecule has 2 aromatic carbocycles. The number of carboxylic acids is 1. The van der Waals surface area contributed by atoms with Crippen molar-refractivity contribution in [1.82, 2.24) is 4.98 Å². The molecule has 5 heteroatoms. The normalized spacial score (nSPS) is 13.4. The van der Waals surface area contributed by atoms with E-state index >= 15 is 0 Å². The topological polar surface area (TPSA) is 76.5 Å². The summed E-state index contributed by atoms with van der Waals surface area (Å²) in [7, 11) is 0. The minimum absolute atomic E-state index is 0.232. The van der Waals surface area contributed by atoms with Crippen molar-refractivity contribution in [2.45, 2.75) is 39.5 Å². The van der Waals surface area contributed by atoms with Gasteiger partial charge in [-0.05, 0) is 79.6 Å². The second-order valence-electron chi connectivity index (χ2n) is 7.85. The summed E-state index contributed by atoms with van der Waals surface area (Å²) in [5.74, 6) is 1.11. The van der Waals surface area contributed by atoms with Gasteiger partial charge in [0.25, 0.3) is 0 Å². The first-order valence-corrected chi connectivity index (χ1v) is 9.82. The molecule has 0 spiro atoms. The van der Waals surface area contributed by atoms with Crippen LogP contribution in [0.25, 0.3) is 10.9 Å². The molecule has 29 heavy (non-hydrogen) atoms. The number of fused-ring (bicyclic) bond motifs is 1. The Morgan fingerprint density at radius 2 is 1.90 bits per heavy atom. The lowest BCUT2D eigenvalue weighted by Gasteiger charge is -2.12. The zero-order valence-corrected chi connectivity index (χ0v) is 16.6. The third-order valence-corrected chi connectivity index (χ3v) is 5.42. The number of carbonyl (C=O) groups excluding carboxylic acids is 1. The van der Waals surface area contributed by atoms with E-state index < -0.39 is 5.97 Å². The lowest BCUT2D eigenvalue weighted by Crippen LogP contribution is -2.05. The number of aromatic nitrogens is 1. The smallest absolute Gasteiger partial charge is 0.335 e. The molecule has 0 unspecified atom stereocenters. The first-order chi connectivity index (χ1) is 13.9. The molecule has 1 N–H and O–H groups in total. The summed E-state index contributed by atoms with van der Waals surface area (Å²) in [6.45, 7) is 3.73. The van der Waals surface area contributed by atoms with Gasteiger partial charge in [-0.25, -0.2) is 4.79 Å².